The van der Waals surface area contributed by atoms with Gasteiger partial charge in [-0.15, -0.1) is 11.8 Å². The van der Waals surface area contributed by atoms with Crippen molar-refractivity contribution in [1.82, 2.24) is 5.32 Å². The van der Waals surface area contributed by atoms with Gasteiger partial charge in [-0.3, -0.25) is 4.79 Å². The van der Waals surface area contributed by atoms with Gasteiger partial charge in [0.15, 0.2) is 0 Å². The van der Waals surface area contributed by atoms with E-state index in [0.717, 1.165) is 17.8 Å². The second kappa shape index (κ2) is 7.11. The number of carbonyl (C=O) groups excluding carboxylic acids is 1. The molecule has 1 heterocycles. The average Bonchev–Trinajstić information content (AvgIpc) is 2.96. The van der Waals surface area contributed by atoms with Gasteiger partial charge in [0.05, 0.1) is 29.1 Å². The molecule has 0 fully saturated rings. The SMILES string of the molecule is O=C(CSc1ccc(Cl)c(C(F)(F)F)c1)NCc1ccco1. The molecule has 118 valence electrons. The van der Waals surface area contributed by atoms with E-state index in [-0.39, 0.29) is 23.2 Å². The van der Waals surface area contributed by atoms with Crippen molar-refractivity contribution in [2.45, 2.75) is 17.6 Å². The van der Waals surface area contributed by atoms with E-state index < -0.39 is 11.7 Å². The van der Waals surface area contributed by atoms with Gasteiger partial charge in [-0.05, 0) is 30.3 Å². The van der Waals surface area contributed by atoms with Crippen LogP contribution >= 0.6 is 23.4 Å². The molecule has 0 saturated carbocycles. The third kappa shape index (κ3) is 4.71. The minimum Gasteiger partial charge on any atom is -0.467 e. The summed E-state index contributed by atoms with van der Waals surface area (Å²) in [5.41, 5.74) is -0.907. The molecule has 1 N–H and O–H groups in total. The molecule has 1 amide bonds. The predicted molar refractivity (Wildman–Crippen MR) is 77.7 cm³/mol. The number of benzene rings is 1. The van der Waals surface area contributed by atoms with Crippen molar-refractivity contribution < 1.29 is 22.4 Å². The second-order valence-corrected chi connectivity index (χ2v) is 5.74. The van der Waals surface area contributed by atoms with Crippen LogP contribution in [0.15, 0.2) is 45.9 Å². The molecule has 0 aliphatic rings. The Morgan fingerprint density at radius 2 is 2.09 bits per heavy atom. The van der Waals surface area contributed by atoms with Gasteiger partial charge < -0.3 is 9.73 Å². The van der Waals surface area contributed by atoms with E-state index in [9.17, 15) is 18.0 Å². The normalized spacial score (nSPS) is 11.5. The standard InChI is InChI=1S/C14H11ClF3NO2S/c15-12-4-3-10(6-11(12)14(16,17)18)22-8-13(20)19-7-9-2-1-5-21-9/h1-6H,7-8H2,(H,19,20). The van der Waals surface area contributed by atoms with Gasteiger partial charge in [-0.25, -0.2) is 0 Å². The van der Waals surface area contributed by atoms with Gasteiger partial charge in [0.2, 0.25) is 5.91 Å². The Hall–Kier alpha value is -1.60. The van der Waals surface area contributed by atoms with Crippen molar-refractivity contribution in [3.8, 4) is 0 Å². The summed E-state index contributed by atoms with van der Waals surface area (Å²) >= 11 is 6.53. The number of amides is 1. The zero-order valence-electron chi connectivity index (χ0n) is 11.1. The molecule has 1 aromatic heterocycles. The summed E-state index contributed by atoms with van der Waals surface area (Å²) in [5, 5.41) is 2.25. The Bertz CT molecular complexity index is 644. The molecule has 0 saturated heterocycles. The highest BCUT2D eigenvalue weighted by Gasteiger charge is 2.33. The van der Waals surface area contributed by atoms with Crippen LogP contribution in [-0.2, 0) is 17.5 Å². The van der Waals surface area contributed by atoms with Crippen molar-refractivity contribution in [3.63, 3.8) is 0 Å². The van der Waals surface area contributed by atoms with Crippen LogP contribution in [0.3, 0.4) is 0 Å². The first-order valence-electron chi connectivity index (χ1n) is 6.15. The molecule has 0 bridgehead atoms. The molecule has 0 unspecified atom stereocenters. The zero-order chi connectivity index (χ0) is 16.2. The van der Waals surface area contributed by atoms with E-state index in [1.807, 2.05) is 0 Å². The first-order valence-corrected chi connectivity index (χ1v) is 7.51. The number of thioether (sulfide) groups is 1. The van der Waals surface area contributed by atoms with Gasteiger partial charge in [0.25, 0.3) is 0 Å². The highest BCUT2D eigenvalue weighted by atomic mass is 35.5. The summed E-state index contributed by atoms with van der Waals surface area (Å²) in [6.45, 7) is 0.237. The minimum atomic E-state index is -4.52. The molecule has 0 aliphatic heterocycles. The molecular weight excluding hydrogens is 339 g/mol. The van der Waals surface area contributed by atoms with Gasteiger partial charge in [0.1, 0.15) is 5.76 Å². The van der Waals surface area contributed by atoms with Crippen LogP contribution in [0.2, 0.25) is 5.02 Å². The maximum absolute atomic E-state index is 12.7. The fourth-order valence-corrected chi connectivity index (χ4v) is 2.60. The molecule has 22 heavy (non-hydrogen) atoms. The Kier molecular flexibility index (Phi) is 5.42. The van der Waals surface area contributed by atoms with Gasteiger partial charge >= 0.3 is 6.18 Å². The minimum absolute atomic E-state index is 0.000359. The number of hydrogen-bond donors (Lipinski definition) is 1. The first kappa shape index (κ1) is 16.8. The van der Waals surface area contributed by atoms with Crippen LogP contribution in [0.1, 0.15) is 11.3 Å². The number of furan rings is 1. The number of carbonyl (C=O) groups is 1. The molecule has 0 radical (unpaired) electrons. The molecule has 0 aliphatic carbocycles. The lowest BCUT2D eigenvalue weighted by Crippen LogP contribution is -2.24. The third-order valence-corrected chi connectivity index (χ3v) is 3.98. The van der Waals surface area contributed by atoms with Crippen LogP contribution < -0.4 is 5.32 Å². The second-order valence-electron chi connectivity index (χ2n) is 4.28. The molecular formula is C14H11ClF3NO2S. The average molecular weight is 350 g/mol. The maximum atomic E-state index is 12.7. The smallest absolute Gasteiger partial charge is 0.417 e. The van der Waals surface area contributed by atoms with Crippen molar-refractivity contribution in [2.75, 3.05) is 5.75 Å². The summed E-state index contributed by atoms with van der Waals surface area (Å²) in [5.74, 6) is 0.300. The topological polar surface area (TPSA) is 42.2 Å². The Morgan fingerprint density at radius 3 is 2.73 bits per heavy atom. The van der Waals surface area contributed by atoms with E-state index in [2.05, 4.69) is 5.32 Å². The predicted octanol–water partition coefficient (Wildman–Crippen LogP) is 4.36. The van der Waals surface area contributed by atoms with Crippen molar-refractivity contribution >= 4 is 29.3 Å². The summed E-state index contributed by atoms with van der Waals surface area (Å²) in [6, 6.07) is 6.97. The van der Waals surface area contributed by atoms with Crippen LogP contribution in [0, 0.1) is 0 Å². The summed E-state index contributed by atoms with van der Waals surface area (Å²) in [4.78, 5) is 12.0. The van der Waals surface area contributed by atoms with Crippen molar-refractivity contribution in [1.29, 1.82) is 0 Å². The van der Waals surface area contributed by atoms with E-state index in [0.29, 0.717) is 10.7 Å². The van der Waals surface area contributed by atoms with Gasteiger partial charge in [0, 0.05) is 4.90 Å². The van der Waals surface area contributed by atoms with E-state index in [1.54, 1.807) is 12.1 Å². The van der Waals surface area contributed by atoms with Gasteiger partial charge in [-0.2, -0.15) is 13.2 Å². The zero-order valence-corrected chi connectivity index (χ0v) is 12.7. The Morgan fingerprint density at radius 1 is 1.32 bits per heavy atom. The molecule has 2 rings (SSSR count). The molecule has 0 atom stereocenters. The Labute approximate surface area is 133 Å². The molecule has 2 aromatic rings. The largest absolute Gasteiger partial charge is 0.467 e. The molecule has 3 nitrogen and oxygen atoms in total. The number of nitrogens with one attached hydrogen (secondary N) is 1. The lowest BCUT2D eigenvalue weighted by atomic mass is 10.2. The Balaban J connectivity index is 1.90. The number of alkyl halides is 3. The lowest BCUT2D eigenvalue weighted by molar-refractivity contribution is -0.137. The van der Waals surface area contributed by atoms with Crippen LogP contribution in [0.25, 0.3) is 0 Å². The number of hydrogen-bond acceptors (Lipinski definition) is 3. The maximum Gasteiger partial charge on any atom is 0.417 e. The highest BCUT2D eigenvalue weighted by Crippen LogP contribution is 2.36. The third-order valence-electron chi connectivity index (χ3n) is 2.65. The lowest BCUT2D eigenvalue weighted by Gasteiger charge is -2.10. The quantitative estimate of drug-likeness (QED) is 0.815. The molecule has 8 heteroatoms. The van der Waals surface area contributed by atoms with E-state index in [1.165, 1.54) is 18.4 Å². The monoisotopic (exact) mass is 349 g/mol. The van der Waals surface area contributed by atoms with Crippen molar-refractivity contribution in [3.05, 3.63) is 52.9 Å². The highest BCUT2D eigenvalue weighted by molar-refractivity contribution is 8.00. The summed E-state index contributed by atoms with van der Waals surface area (Å²) in [7, 11) is 0. The molecule has 1 aromatic carbocycles. The van der Waals surface area contributed by atoms with Crippen molar-refractivity contribution in [2.24, 2.45) is 0 Å². The van der Waals surface area contributed by atoms with Crippen LogP contribution in [-0.4, -0.2) is 11.7 Å². The summed E-state index contributed by atoms with van der Waals surface area (Å²) < 4.78 is 43.2. The first-order chi connectivity index (χ1) is 10.4. The summed E-state index contributed by atoms with van der Waals surface area (Å²) in [6.07, 6.45) is -3.03. The fraction of sp³-hybridized carbons (Fsp3) is 0.214. The fourth-order valence-electron chi connectivity index (χ4n) is 1.61. The molecule has 0 spiro atoms. The van der Waals surface area contributed by atoms with Crippen LogP contribution in [0.4, 0.5) is 13.2 Å². The number of halogens is 4. The van der Waals surface area contributed by atoms with E-state index >= 15 is 0 Å². The van der Waals surface area contributed by atoms with Gasteiger partial charge in [-0.1, -0.05) is 11.6 Å². The van der Waals surface area contributed by atoms with E-state index in [4.69, 9.17) is 16.0 Å². The number of rotatable bonds is 5. The van der Waals surface area contributed by atoms with Crippen LogP contribution in [0.5, 0.6) is 0 Å².